The SMILES string of the molecule is CCOCC(=O)N1CCN(C(=O)c2cn(CC3CCCO3)cc3c(=O)n(-c4ccccc4)nc2-3)CC1. The Morgan fingerprint density at radius 2 is 1.83 bits per heavy atom. The first-order valence-corrected chi connectivity index (χ1v) is 12.5. The lowest BCUT2D eigenvalue weighted by Gasteiger charge is -2.35. The third-order valence-electron chi connectivity index (χ3n) is 6.74. The van der Waals surface area contributed by atoms with E-state index in [4.69, 9.17) is 9.47 Å². The van der Waals surface area contributed by atoms with Crippen LogP contribution in [-0.4, -0.2) is 88.1 Å². The highest BCUT2D eigenvalue weighted by Gasteiger charge is 2.30. The average Bonchev–Trinajstić information content (AvgIpc) is 3.55. The van der Waals surface area contributed by atoms with Gasteiger partial charge in [0.25, 0.3) is 11.5 Å². The van der Waals surface area contributed by atoms with Crippen LogP contribution in [0.3, 0.4) is 0 Å². The normalized spacial score (nSPS) is 18.2. The molecule has 0 saturated carbocycles. The van der Waals surface area contributed by atoms with E-state index in [0.717, 1.165) is 19.4 Å². The molecule has 1 atom stereocenters. The van der Waals surface area contributed by atoms with Crippen LogP contribution in [0, 0.1) is 0 Å². The average molecular weight is 494 g/mol. The first-order valence-electron chi connectivity index (χ1n) is 12.5. The summed E-state index contributed by atoms with van der Waals surface area (Å²) in [5, 5.41) is 4.58. The largest absolute Gasteiger partial charge is 0.376 e. The van der Waals surface area contributed by atoms with E-state index in [-0.39, 0.29) is 30.1 Å². The van der Waals surface area contributed by atoms with Crippen LogP contribution in [0.1, 0.15) is 30.1 Å². The number of aromatic nitrogens is 3. The molecule has 4 heterocycles. The van der Waals surface area contributed by atoms with Gasteiger partial charge in [-0.05, 0) is 31.9 Å². The molecule has 0 bridgehead atoms. The molecule has 0 spiro atoms. The molecule has 2 amide bonds. The molecule has 10 heteroatoms. The number of carbonyl (C=O) groups excluding carboxylic acids is 2. The lowest BCUT2D eigenvalue weighted by atomic mass is 10.1. The molecular weight excluding hydrogens is 462 g/mol. The minimum atomic E-state index is -0.265. The predicted molar refractivity (Wildman–Crippen MR) is 132 cm³/mol. The Balaban J connectivity index is 1.45. The van der Waals surface area contributed by atoms with Crippen molar-refractivity contribution in [3.05, 3.63) is 58.6 Å². The Kier molecular flexibility index (Phi) is 7.15. The number of benzene rings is 1. The van der Waals surface area contributed by atoms with Crippen molar-refractivity contribution in [2.75, 3.05) is 46.0 Å². The number of amides is 2. The number of ether oxygens (including phenoxy) is 2. The van der Waals surface area contributed by atoms with Gasteiger partial charge in [0.15, 0.2) is 0 Å². The van der Waals surface area contributed by atoms with Crippen molar-refractivity contribution in [3.8, 4) is 16.9 Å². The number of fused-ring (bicyclic) bond motifs is 1. The van der Waals surface area contributed by atoms with Crippen molar-refractivity contribution in [3.63, 3.8) is 0 Å². The lowest BCUT2D eigenvalue weighted by molar-refractivity contribution is -0.137. The molecule has 10 nitrogen and oxygen atoms in total. The van der Waals surface area contributed by atoms with Gasteiger partial charge in [-0.1, -0.05) is 18.2 Å². The maximum Gasteiger partial charge on any atom is 0.282 e. The molecule has 190 valence electrons. The summed E-state index contributed by atoms with van der Waals surface area (Å²) in [5.74, 6) is -0.269. The van der Waals surface area contributed by atoms with Crippen LogP contribution >= 0.6 is 0 Å². The van der Waals surface area contributed by atoms with E-state index in [1.54, 1.807) is 22.2 Å². The topological polar surface area (TPSA) is 98.9 Å². The van der Waals surface area contributed by atoms with Gasteiger partial charge >= 0.3 is 0 Å². The van der Waals surface area contributed by atoms with Crippen LogP contribution in [-0.2, 0) is 20.8 Å². The minimum Gasteiger partial charge on any atom is -0.376 e. The molecule has 5 rings (SSSR count). The number of rotatable bonds is 7. The first-order chi connectivity index (χ1) is 17.5. The maximum absolute atomic E-state index is 13.7. The molecule has 2 saturated heterocycles. The maximum atomic E-state index is 13.7. The lowest BCUT2D eigenvalue weighted by Crippen LogP contribution is -2.51. The highest BCUT2D eigenvalue weighted by Crippen LogP contribution is 2.25. The second kappa shape index (κ2) is 10.6. The molecule has 36 heavy (non-hydrogen) atoms. The van der Waals surface area contributed by atoms with Crippen molar-refractivity contribution in [2.24, 2.45) is 0 Å². The van der Waals surface area contributed by atoms with Gasteiger partial charge in [0.05, 0.1) is 22.9 Å². The number of hydrogen-bond acceptors (Lipinski definition) is 6. The number of para-hydroxylation sites is 1. The summed E-state index contributed by atoms with van der Waals surface area (Å²) in [6.45, 7) is 5.36. The zero-order chi connectivity index (χ0) is 25.1. The molecule has 1 aromatic rings. The molecule has 0 radical (unpaired) electrons. The summed E-state index contributed by atoms with van der Waals surface area (Å²) in [6, 6.07) is 9.19. The van der Waals surface area contributed by atoms with E-state index in [1.807, 2.05) is 41.8 Å². The molecule has 4 aliphatic heterocycles. The minimum absolute atomic E-state index is 0.0505. The molecule has 0 N–H and O–H groups in total. The van der Waals surface area contributed by atoms with Gasteiger partial charge in [-0.2, -0.15) is 9.78 Å². The van der Waals surface area contributed by atoms with E-state index in [0.29, 0.717) is 61.8 Å². The van der Waals surface area contributed by atoms with E-state index in [2.05, 4.69) is 5.10 Å². The van der Waals surface area contributed by atoms with Crippen LogP contribution < -0.4 is 5.56 Å². The van der Waals surface area contributed by atoms with Gasteiger partial charge in [0.2, 0.25) is 5.91 Å². The van der Waals surface area contributed by atoms with Crippen LogP contribution in [0.2, 0.25) is 0 Å². The van der Waals surface area contributed by atoms with Crippen LogP contribution in [0.5, 0.6) is 0 Å². The summed E-state index contributed by atoms with van der Waals surface area (Å²) in [5.41, 5.74) is 1.54. The van der Waals surface area contributed by atoms with Crippen molar-refractivity contribution >= 4 is 11.8 Å². The molecule has 0 aromatic heterocycles. The summed E-state index contributed by atoms with van der Waals surface area (Å²) in [6.07, 6.45) is 5.55. The van der Waals surface area contributed by atoms with Gasteiger partial charge in [-0.3, -0.25) is 14.4 Å². The third kappa shape index (κ3) is 4.91. The van der Waals surface area contributed by atoms with Crippen LogP contribution in [0.25, 0.3) is 16.9 Å². The van der Waals surface area contributed by atoms with E-state index >= 15 is 0 Å². The van der Waals surface area contributed by atoms with Gasteiger partial charge in [0, 0.05) is 58.3 Å². The molecular formula is C26H31N5O5. The number of hydrogen-bond donors (Lipinski definition) is 0. The Morgan fingerprint density at radius 3 is 2.53 bits per heavy atom. The van der Waals surface area contributed by atoms with E-state index < -0.39 is 0 Å². The molecule has 1 aromatic carbocycles. The number of nitrogens with zero attached hydrogens (tertiary/aromatic N) is 5. The Morgan fingerprint density at radius 1 is 1.08 bits per heavy atom. The zero-order valence-corrected chi connectivity index (χ0v) is 20.5. The third-order valence-corrected chi connectivity index (χ3v) is 6.74. The number of pyridine rings is 1. The Bertz CT molecular complexity index is 1240. The molecule has 4 aliphatic rings. The van der Waals surface area contributed by atoms with Crippen molar-refractivity contribution in [1.82, 2.24) is 24.1 Å². The highest BCUT2D eigenvalue weighted by atomic mass is 16.5. The summed E-state index contributed by atoms with van der Waals surface area (Å²) in [4.78, 5) is 42.8. The monoisotopic (exact) mass is 493 g/mol. The van der Waals surface area contributed by atoms with E-state index in [9.17, 15) is 14.4 Å². The summed E-state index contributed by atoms with van der Waals surface area (Å²) < 4.78 is 14.3. The predicted octanol–water partition coefficient (Wildman–Crippen LogP) is 1.64. The van der Waals surface area contributed by atoms with Crippen molar-refractivity contribution < 1.29 is 19.1 Å². The van der Waals surface area contributed by atoms with Crippen molar-refractivity contribution in [1.29, 1.82) is 0 Å². The summed E-state index contributed by atoms with van der Waals surface area (Å²) in [7, 11) is 0. The summed E-state index contributed by atoms with van der Waals surface area (Å²) >= 11 is 0. The quantitative estimate of drug-likeness (QED) is 0.496. The molecule has 1 unspecified atom stereocenters. The highest BCUT2D eigenvalue weighted by molar-refractivity contribution is 6.00. The van der Waals surface area contributed by atoms with Gasteiger partial charge in [-0.15, -0.1) is 0 Å². The first kappa shape index (κ1) is 24.2. The Hall–Kier alpha value is -3.50. The second-order valence-corrected chi connectivity index (χ2v) is 9.13. The van der Waals surface area contributed by atoms with E-state index in [1.165, 1.54) is 4.68 Å². The Labute approximate surface area is 209 Å². The fourth-order valence-electron chi connectivity index (χ4n) is 4.80. The smallest absolute Gasteiger partial charge is 0.282 e. The van der Waals surface area contributed by atoms with Gasteiger partial charge in [-0.25, -0.2) is 0 Å². The molecule has 2 fully saturated rings. The number of piperazine rings is 1. The molecule has 0 aliphatic carbocycles. The van der Waals surface area contributed by atoms with Gasteiger partial charge in [0.1, 0.15) is 12.3 Å². The fraction of sp³-hybridized carbons (Fsp3) is 0.462. The second-order valence-electron chi connectivity index (χ2n) is 9.13. The standard InChI is InChI=1S/C26H31N5O5/c1-2-35-18-23(32)29-10-12-30(13-11-29)25(33)21-16-28(15-20-9-6-14-36-20)17-22-24(21)27-31(26(22)34)19-7-4-3-5-8-19/h3-5,7-8,16-17,20H,2,6,9-15,18H2,1H3. The van der Waals surface area contributed by atoms with Crippen LogP contribution in [0.15, 0.2) is 47.5 Å². The fourth-order valence-corrected chi connectivity index (χ4v) is 4.80. The van der Waals surface area contributed by atoms with Crippen molar-refractivity contribution in [2.45, 2.75) is 32.4 Å². The van der Waals surface area contributed by atoms with Crippen LogP contribution in [0.4, 0.5) is 0 Å². The zero-order valence-electron chi connectivity index (χ0n) is 20.5. The number of carbonyl (C=O) groups is 2. The van der Waals surface area contributed by atoms with Gasteiger partial charge < -0.3 is 23.8 Å².